The van der Waals surface area contributed by atoms with E-state index in [1.54, 1.807) is 11.8 Å². The molecule has 3 heteroatoms. The number of hydrogen-bond donors (Lipinski definition) is 1. The zero-order valence-corrected chi connectivity index (χ0v) is 8.86. The Morgan fingerprint density at radius 2 is 2.00 bits per heavy atom. The van der Waals surface area contributed by atoms with Gasteiger partial charge in [-0.2, -0.15) is 0 Å². The van der Waals surface area contributed by atoms with E-state index in [4.69, 9.17) is 4.74 Å². The van der Waals surface area contributed by atoms with Gasteiger partial charge < -0.3 is 10.1 Å². The van der Waals surface area contributed by atoms with Crippen molar-refractivity contribution in [1.82, 2.24) is 5.32 Å². The van der Waals surface area contributed by atoms with Crippen LogP contribution in [-0.4, -0.2) is 19.5 Å². The lowest BCUT2D eigenvalue weighted by molar-refractivity contribution is 0.340. The number of hydrogen-bond acceptors (Lipinski definition) is 3. The summed E-state index contributed by atoms with van der Waals surface area (Å²) < 4.78 is 5.34. The summed E-state index contributed by atoms with van der Waals surface area (Å²) >= 11 is 1.78. The summed E-state index contributed by atoms with van der Waals surface area (Å²) in [5, 5.41) is 3.09. The van der Waals surface area contributed by atoms with Crippen LogP contribution in [0.2, 0.25) is 0 Å². The average molecular weight is 197 g/mol. The Bertz CT molecular complexity index is 235. The summed E-state index contributed by atoms with van der Waals surface area (Å²) in [5.74, 6) is 1.88. The van der Waals surface area contributed by atoms with Gasteiger partial charge in [-0.3, -0.25) is 0 Å². The third-order valence-electron chi connectivity index (χ3n) is 1.52. The molecule has 0 atom stereocenters. The molecule has 0 saturated carbocycles. The predicted molar refractivity (Wildman–Crippen MR) is 57.4 cm³/mol. The molecule has 0 aliphatic carbocycles. The second kappa shape index (κ2) is 5.89. The fraction of sp³-hybridized carbons (Fsp3) is 0.400. The number of ether oxygens (including phenoxy) is 1. The summed E-state index contributed by atoms with van der Waals surface area (Å²) in [5.41, 5.74) is 0. The van der Waals surface area contributed by atoms with Crippen molar-refractivity contribution in [2.45, 2.75) is 11.8 Å². The molecular weight excluding hydrogens is 182 g/mol. The molecule has 0 aromatic heterocycles. The normalized spacial score (nSPS) is 10.0. The fourth-order valence-corrected chi connectivity index (χ4v) is 1.59. The Morgan fingerprint density at radius 3 is 2.54 bits per heavy atom. The molecular formula is C10H15NOS. The van der Waals surface area contributed by atoms with Gasteiger partial charge in [0.15, 0.2) is 0 Å². The number of benzene rings is 1. The molecule has 1 aromatic rings. The van der Waals surface area contributed by atoms with Crippen molar-refractivity contribution < 1.29 is 4.74 Å². The fourth-order valence-electron chi connectivity index (χ4n) is 0.954. The van der Waals surface area contributed by atoms with E-state index in [0.29, 0.717) is 0 Å². The summed E-state index contributed by atoms with van der Waals surface area (Å²) in [6.07, 6.45) is 0. The van der Waals surface area contributed by atoms with Gasteiger partial charge in [0, 0.05) is 10.8 Å². The number of thioether (sulfide) groups is 1. The Balaban J connectivity index is 2.48. The molecule has 0 saturated heterocycles. The maximum Gasteiger partial charge on any atom is 0.119 e. The minimum atomic E-state index is 0.725. The van der Waals surface area contributed by atoms with Gasteiger partial charge in [0.25, 0.3) is 0 Å². The average Bonchev–Trinajstić information content (AvgIpc) is 2.17. The maximum absolute atomic E-state index is 5.34. The van der Waals surface area contributed by atoms with E-state index in [2.05, 4.69) is 17.4 Å². The molecule has 0 bridgehead atoms. The number of nitrogens with one attached hydrogen (secondary N) is 1. The molecule has 0 fully saturated rings. The van der Waals surface area contributed by atoms with Crippen LogP contribution in [0.1, 0.15) is 6.92 Å². The summed E-state index contributed by atoms with van der Waals surface area (Å²) in [7, 11) is 1.95. The maximum atomic E-state index is 5.34. The Morgan fingerprint density at radius 1 is 1.31 bits per heavy atom. The van der Waals surface area contributed by atoms with E-state index >= 15 is 0 Å². The summed E-state index contributed by atoms with van der Waals surface area (Å²) in [6, 6.07) is 8.16. The van der Waals surface area contributed by atoms with Crippen LogP contribution in [0.15, 0.2) is 29.2 Å². The van der Waals surface area contributed by atoms with Gasteiger partial charge in [0.05, 0.1) is 6.61 Å². The van der Waals surface area contributed by atoms with E-state index < -0.39 is 0 Å². The molecule has 1 N–H and O–H groups in total. The molecule has 0 amide bonds. The topological polar surface area (TPSA) is 21.3 Å². The van der Waals surface area contributed by atoms with Gasteiger partial charge in [0.1, 0.15) is 5.75 Å². The Hall–Kier alpha value is -0.670. The molecule has 2 nitrogen and oxygen atoms in total. The van der Waals surface area contributed by atoms with Crippen molar-refractivity contribution in [3.05, 3.63) is 24.3 Å². The Labute approximate surface area is 83.7 Å². The van der Waals surface area contributed by atoms with E-state index in [-0.39, 0.29) is 0 Å². The van der Waals surface area contributed by atoms with Crippen LogP contribution in [0.5, 0.6) is 5.75 Å². The number of rotatable bonds is 5. The zero-order chi connectivity index (χ0) is 9.52. The minimum Gasteiger partial charge on any atom is -0.494 e. The SMILES string of the molecule is CCOc1ccc(SCNC)cc1. The second-order valence-electron chi connectivity index (χ2n) is 2.55. The van der Waals surface area contributed by atoms with Crippen molar-refractivity contribution in [3.8, 4) is 5.75 Å². The first kappa shape index (κ1) is 10.4. The van der Waals surface area contributed by atoms with Crippen molar-refractivity contribution in [3.63, 3.8) is 0 Å². The van der Waals surface area contributed by atoms with Crippen LogP contribution in [0.25, 0.3) is 0 Å². The largest absolute Gasteiger partial charge is 0.494 e. The van der Waals surface area contributed by atoms with Gasteiger partial charge >= 0.3 is 0 Å². The molecule has 13 heavy (non-hydrogen) atoms. The zero-order valence-electron chi connectivity index (χ0n) is 8.04. The molecule has 0 spiro atoms. The van der Waals surface area contributed by atoms with E-state index in [9.17, 15) is 0 Å². The molecule has 0 heterocycles. The standard InChI is InChI=1S/C10H15NOS/c1-3-12-9-4-6-10(7-5-9)13-8-11-2/h4-7,11H,3,8H2,1-2H3. The lowest BCUT2D eigenvalue weighted by atomic mass is 10.3. The highest BCUT2D eigenvalue weighted by Gasteiger charge is 1.93. The van der Waals surface area contributed by atoms with Crippen LogP contribution in [-0.2, 0) is 0 Å². The van der Waals surface area contributed by atoms with Crippen LogP contribution in [0, 0.1) is 0 Å². The molecule has 0 unspecified atom stereocenters. The smallest absolute Gasteiger partial charge is 0.119 e. The van der Waals surface area contributed by atoms with Gasteiger partial charge in [-0.05, 0) is 38.2 Å². The molecule has 1 rings (SSSR count). The molecule has 0 radical (unpaired) electrons. The predicted octanol–water partition coefficient (Wildman–Crippen LogP) is 2.35. The lowest BCUT2D eigenvalue weighted by Crippen LogP contribution is -2.02. The third-order valence-corrected chi connectivity index (χ3v) is 2.56. The van der Waals surface area contributed by atoms with Crippen molar-refractivity contribution in [1.29, 1.82) is 0 Å². The van der Waals surface area contributed by atoms with Crippen LogP contribution in [0.3, 0.4) is 0 Å². The first-order chi connectivity index (χ1) is 6.36. The minimum absolute atomic E-state index is 0.725. The van der Waals surface area contributed by atoms with E-state index in [0.717, 1.165) is 18.2 Å². The second-order valence-corrected chi connectivity index (χ2v) is 3.60. The first-order valence-corrected chi connectivity index (χ1v) is 5.35. The lowest BCUT2D eigenvalue weighted by Gasteiger charge is -2.04. The van der Waals surface area contributed by atoms with E-state index in [1.807, 2.05) is 26.1 Å². The van der Waals surface area contributed by atoms with Gasteiger partial charge in [-0.15, -0.1) is 11.8 Å². The third kappa shape index (κ3) is 3.70. The van der Waals surface area contributed by atoms with Crippen molar-refractivity contribution in [2.24, 2.45) is 0 Å². The molecule has 0 aliphatic heterocycles. The highest BCUT2D eigenvalue weighted by Crippen LogP contribution is 2.20. The summed E-state index contributed by atoms with van der Waals surface area (Å²) in [4.78, 5) is 1.26. The quantitative estimate of drug-likeness (QED) is 0.578. The molecule has 0 aliphatic rings. The highest BCUT2D eigenvalue weighted by molar-refractivity contribution is 7.99. The molecule has 1 aromatic carbocycles. The van der Waals surface area contributed by atoms with Gasteiger partial charge in [-0.25, -0.2) is 0 Å². The van der Waals surface area contributed by atoms with Crippen molar-refractivity contribution >= 4 is 11.8 Å². The van der Waals surface area contributed by atoms with E-state index in [1.165, 1.54) is 4.90 Å². The monoisotopic (exact) mass is 197 g/mol. The van der Waals surface area contributed by atoms with Crippen LogP contribution in [0.4, 0.5) is 0 Å². The van der Waals surface area contributed by atoms with Crippen LogP contribution >= 0.6 is 11.8 Å². The van der Waals surface area contributed by atoms with Crippen molar-refractivity contribution in [2.75, 3.05) is 19.5 Å². The highest BCUT2D eigenvalue weighted by atomic mass is 32.2. The summed E-state index contributed by atoms with van der Waals surface area (Å²) in [6.45, 7) is 2.71. The van der Waals surface area contributed by atoms with Gasteiger partial charge in [-0.1, -0.05) is 0 Å². The molecule has 72 valence electrons. The first-order valence-electron chi connectivity index (χ1n) is 4.37. The van der Waals surface area contributed by atoms with Crippen LogP contribution < -0.4 is 10.1 Å². The van der Waals surface area contributed by atoms with Gasteiger partial charge in [0.2, 0.25) is 0 Å². The Kier molecular flexibility index (Phi) is 4.72.